The maximum Gasteiger partial charge on any atom is 0.0921 e. The van der Waals surface area contributed by atoms with E-state index in [0.29, 0.717) is 5.92 Å². The van der Waals surface area contributed by atoms with E-state index in [4.69, 9.17) is 0 Å². The second-order valence-corrected chi connectivity index (χ2v) is 5.48. The predicted molar refractivity (Wildman–Crippen MR) is 71.9 cm³/mol. The van der Waals surface area contributed by atoms with Gasteiger partial charge in [0.05, 0.1) is 5.60 Å². The minimum Gasteiger partial charge on any atom is -0.385 e. The Hall–Kier alpha value is -0.820. The molecule has 0 radical (unpaired) electrons. The normalized spacial score (nSPS) is 21.1. The Morgan fingerprint density at radius 3 is 2.24 bits per heavy atom. The number of hydrogen-bond acceptors (Lipinski definition) is 1. The van der Waals surface area contributed by atoms with Crippen LogP contribution >= 0.6 is 0 Å². The van der Waals surface area contributed by atoms with Gasteiger partial charge in [0.25, 0.3) is 0 Å². The summed E-state index contributed by atoms with van der Waals surface area (Å²) >= 11 is 0. The molecule has 1 heteroatoms. The Morgan fingerprint density at radius 2 is 1.71 bits per heavy atom. The first-order valence-corrected chi connectivity index (χ1v) is 6.96. The second-order valence-electron chi connectivity index (χ2n) is 5.48. The lowest BCUT2D eigenvalue weighted by molar-refractivity contribution is -0.0421. The molecular formula is C16H24O. The fourth-order valence-corrected chi connectivity index (χ4v) is 3.15. The van der Waals surface area contributed by atoms with Crippen LogP contribution in [0, 0.1) is 12.8 Å². The van der Waals surface area contributed by atoms with Crippen LogP contribution < -0.4 is 0 Å². The summed E-state index contributed by atoms with van der Waals surface area (Å²) in [6.45, 7) is 4.20. The Labute approximate surface area is 105 Å². The molecule has 17 heavy (non-hydrogen) atoms. The summed E-state index contributed by atoms with van der Waals surface area (Å²) in [5, 5.41) is 11.0. The minimum atomic E-state index is -0.603. The summed E-state index contributed by atoms with van der Waals surface area (Å²) < 4.78 is 0. The minimum absolute atomic E-state index is 0.448. The highest BCUT2D eigenvalue weighted by molar-refractivity contribution is 5.27. The molecule has 0 amide bonds. The molecule has 0 spiro atoms. The Kier molecular flexibility index (Phi) is 3.88. The van der Waals surface area contributed by atoms with Crippen LogP contribution in [0.25, 0.3) is 0 Å². The summed E-state index contributed by atoms with van der Waals surface area (Å²) in [5.74, 6) is 0.448. The van der Waals surface area contributed by atoms with Crippen molar-refractivity contribution in [2.24, 2.45) is 5.92 Å². The zero-order chi connectivity index (χ0) is 12.3. The number of aryl methyl sites for hydroxylation is 1. The number of benzene rings is 1. The lowest BCUT2D eigenvalue weighted by Crippen LogP contribution is -2.35. The van der Waals surface area contributed by atoms with E-state index in [1.165, 1.54) is 37.7 Å². The molecule has 1 saturated carbocycles. The molecule has 1 N–H and O–H groups in total. The van der Waals surface area contributed by atoms with Gasteiger partial charge in [-0.05, 0) is 37.7 Å². The third-order valence-corrected chi connectivity index (χ3v) is 4.37. The SMILES string of the molecule is CCC(O)(c1ccc(C)cc1)C1CCCCC1. The molecule has 2 rings (SSSR count). The van der Waals surface area contributed by atoms with Crippen molar-refractivity contribution in [3.8, 4) is 0 Å². The number of rotatable bonds is 3. The molecule has 94 valence electrons. The monoisotopic (exact) mass is 232 g/mol. The van der Waals surface area contributed by atoms with E-state index in [1.807, 2.05) is 0 Å². The zero-order valence-corrected chi connectivity index (χ0v) is 11.1. The van der Waals surface area contributed by atoms with Crippen molar-refractivity contribution < 1.29 is 5.11 Å². The summed E-state index contributed by atoms with van der Waals surface area (Å²) in [7, 11) is 0. The van der Waals surface area contributed by atoms with Crippen molar-refractivity contribution in [1.82, 2.24) is 0 Å². The maximum atomic E-state index is 11.0. The lowest BCUT2D eigenvalue weighted by atomic mass is 9.72. The fraction of sp³-hybridized carbons (Fsp3) is 0.625. The summed E-state index contributed by atoms with van der Waals surface area (Å²) in [5.41, 5.74) is 1.77. The van der Waals surface area contributed by atoms with Gasteiger partial charge < -0.3 is 5.11 Å². The van der Waals surface area contributed by atoms with Gasteiger partial charge in [0.15, 0.2) is 0 Å². The van der Waals surface area contributed by atoms with E-state index in [2.05, 4.69) is 38.1 Å². The van der Waals surface area contributed by atoms with Crippen LogP contribution in [0.2, 0.25) is 0 Å². The molecule has 1 nitrogen and oxygen atoms in total. The van der Waals surface area contributed by atoms with Gasteiger partial charge >= 0.3 is 0 Å². The Balaban J connectivity index is 2.25. The average Bonchev–Trinajstić information content (AvgIpc) is 2.40. The van der Waals surface area contributed by atoms with E-state index in [1.54, 1.807) is 0 Å². The van der Waals surface area contributed by atoms with Crippen molar-refractivity contribution in [3.63, 3.8) is 0 Å². The fourth-order valence-electron chi connectivity index (χ4n) is 3.15. The molecule has 0 bridgehead atoms. The van der Waals surface area contributed by atoms with E-state index in [-0.39, 0.29) is 0 Å². The van der Waals surface area contributed by atoms with Crippen LogP contribution in [0.15, 0.2) is 24.3 Å². The molecule has 1 unspecified atom stereocenters. The number of aliphatic hydroxyl groups is 1. The topological polar surface area (TPSA) is 20.2 Å². The van der Waals surface area contributed by atoms with E-state index >= 15 is 0 Å². The van der Waals surface area contributed by atoms with Gasteiger partial charge in [-0.2, -0.15) is 0 Å². The van der Waals surface area contributed by atoms with Crippen molar-refractivity contribution in [1.29, 1.82) is 0 Å². The third-order valence-electron chi connectivity index (χ3n) is 4.37. The van der Waals surface area contributed by atoms with Crippen molar-refractivity contribution >= 4 is 0 Å². The van der Waals surface area contributed by atoms with Crippen LogP contribution in [0.1, 0.15) is 56.6 Å². The first kappa shape index (κ1) is 12.6. The molecule has 1 aliphatic rings. The van der Waals surface area contributed by atoms with E-state index in [0.717, 1.165) is 12.0 Å². The molecule has 0 aromatic heterocycles. The zero-order valence-electron chi connectivity index (χ0n) is 11.1. The Bertz CT molecular complexity index is 348. The first-order valence-electron chi connectivity index (χ1n) is 6.96. The van der Waals surface area contributed by atoms with Crippen LogP contribution in [-0.4, -0.2) is 5.11 Å². The highest BCUT2D eigenvalue weighted by Gasteiger charge is 2.36. The van der Waals surface area contributed by atoms with Gasteiger partial charge in [-0.1, -0.05) is 56.0 Å². The predicted octanol–water partition coefficient (Wildman–Crippen LogP) is 4.17. The first-order chi connectivity index (χ1) is 8.16. The standard InChI is InChI=1S/C16H24O/c1-3-16(17,14-7-5-4-6-8-14)15-11-9-13(2)10-12-15/h9-12,14,17H,3-8H2,1-2H3. The van der Waals surface area contributed by atoms with Crippen LogP contribution in [0.3, 0.4) is 0 Å². The molecular weight excluding hydrogens is 208 g/mol. The van der Waals surface area contributed by atoms with Gasteiger partial charge in [-0.3, -0.25) is 0 Å². The highest BCUT2D eigenvalue weighted by atomic mass is 16.3. The van der Waals surface area contributed by atoms with Gasteiger partial charge in [-0.15, -0.1) is 0 Å². The van der Waals surface area contributed by atoms with Gasteiger partial charge in [0.2, 0.25) is 0 Å². The summed E-state index contributed by atoms with van der Waals surface area (Å²) in [4.78, 5) is 0. The molecule has 0 heterocycles. The van der Waals surface area contributed by atoms with Gasteiger partial charge in [-0.25, -0.2) is 0 Å². The second kappa shape index (κ2) is 5.22. The molecule has 1 aromatic rings. The van der Waals surface area contributed by atoms with Gasteiger partial charge in [0.1, 0.15) is 0 Å². The molecule has 0 aliphatic heterocycles. The third kappa shape index (κ3) is 2.55. The van der Waals surface area contributed by atoms with Crippen LogP contribution in [0.4, 0.5) is 0 Å². The van der Waals surface area contributed by atoms with Crippen molar-refractivity contribution in [2.45, 2.75) is 58.0 Å². The van der Waals surface area contributed by atoms with Crippen molar-refractivity contribution in [2.75, 3.05) is 0 Å². The average molecular weight is 232 g/mol. The molecule has 1 aliphatic carbocycles. The summed E-state index contributed by atoms with van der Waals surface area (Å²) in [6.07, 6.45) is 7.07. The Morgan fingerprint density at radius 1 is 1.12 bits per heavy atom. The van der Waals surface area contributed by atoms with E-state index in [9.17, 15) is 5.11 Å². The van der Waals surface area contributed by atoms with Crippen LogP contribution in [0.5, 0.6) is 0 Å². The molecule has 1 atom stereocenters. The quantitative estimate of drug-likeness (QED) is 0.829. The highest BCUT2D eigenvalue weighted by Crippen LogP contribution is 2.41. The van der Waals surface area contributed by atoms with Gasteiger partial charge in [0, 0.05) is 0 Å². The lowest BCUT2D eigenvalue weighted by Gasteiger charge is -2.38. The van der Waals surface area contributed by atoms with Crippen molar-refractivity contribution in [3.05, 3.63) is 35.4 Å². The molecule has 1 aromatic carbocycles. The van der Waals surface area contributed by atoms with Crippen LogP contribution in [-0.2, 0) is 5.60 Å². The largest absolute Gasteiger partial charge is 0.385 e. The molecule has 0 saturated heterocycles. The maximum absolute atomic E-state index is 11.0. The number of hydrogen-bond donors (Lipinski definition) is 1. The smallest absolute Gasteiger partial charge is 0.0921 e. The van der Waals surface area contributed by atoms with E-state index < -0.39 is 5.60 Å². The summed E-state index contributed by atoms with van der Waals surface area (Å²) in [6, 6.07) is 8.43. The molecule has 1 fully saturated rings.